The largest absolute Gasteiger partial charge is 0.480 e. The maximum absolute atomic E-state index is 13.1. The fourth-order valence-corrected chi connectivity index (χ4v) is 3.39. The number of carboxylic acids is 1. The summed E-state index contributed by atoms with van der Waals surface area (Å²) in [5.41, 5.74) is 6.82. The number of nitrogens with one attached hydrogen (secondary N) is 4. The number of carboxylic acid groups (broad SMARTS) is 1. The van der Waals surface area contributed by atoms with E-state index in [9.17, 15) is 24.3 Å². The lowest BCUT2D eigenvalue weighted by atomic mass is 10.0. The van der Waals surface area contributed by atoms with Gasteiger partial charge in [0.15, 0.2) is 0 Å². The van der Waals surface area contributed by atoms with E-state index in [1.807, 2.05) is 38.1 Å². The van der Waals surface area contributed by atoms with Gasteiger partial charge < -0.3 is 26.5 Å². The molecule has 0 saturated heterocycles. The number of benzene rings is 1. The minimum Gasteiger partial charge on any atom is -0.480 e. The molecular formula is C22H31N5O5. The molecule has 0 aliphatic carbocycles. The zero-order chi connectivity index (χ0) is 23.8. The number of rotatable bonds is 12. The van der Waals surface area contributed by atoms with Crippen LogP contribution in [0.1, 0.15) is 32.8 Å². The second kappa shape index (κ2) is 11.3. The molecule has 2 aromatic rings. The highest BCUT2D eigenvalue weighted by Gasteiger charge is 2.29. The van der Waals surface area contributed by atoms with Gasteiger partial charge in [-0.1, -0.05) is 32.0 Å². The van der Waals surface area contributed by atoms with Gasteiger partial charge in [0.2, 0.25) is 17.7 Å². The van der Waals surface area contributed by atoms with Gasteiger partial charge >= 0.3 is 5.97 Å². The topological polar surface area (TPSA) is 166 Å². The minimum atomic E-state index is -1.10. The highest BCUT2D eigenvalue weighted by molar-refractivity contribution is 5.92. The first-order valence-electron chi connectivity index (χ1n) is 10.5. The van der Waals surface area contributed by atoms with Crippen molar-refractivity contribution >= 4 is 34.6 Å². The number of hydrogen-bond acceptors (Lipinski definition) is 5. The monoisotopic (exact) mass is 445 g/mol. The molecule has 10 nitrogen and oxygen atoms in total. The van der Waals surface area contributed by atoms with E-state index in [0.29, 0.717) is 6.42 Å². The van der Waals surface area contributed by atoms with Gasteiger partial charge in [-0.15, -0.1) is 0 Å². The van der Waals surface area contributed by atoms with E-state index in [0.717, 1.165) is 16.5 Å². The van der Waals surface area contributed by atoms with Crippen molar-refractivity contribution in [2.24, 2.45) is 11.7 Å². The van der Waals surface area contributed by atoms with E-state index >= 15 is 0 Å². The third kappa shape index (κ3) is 7.09. The van der Waals surface area contributed by atoms with Crippen LogP contribution in [0.3, 0.4) is 0 Å². The molecule has 2 rings (SSSR count). The lowest BCUT2D eigenvalue weighted by Crippen LogP contribution is -2.56. The Bertz CT molecular complexity index is 971. The molecule has 10 heteroatoms. The van der Waals surface area contributed by atoms with Crippen molar-refractivity contribution in [2.45, 2.75) is 51.7 Å². The lowest BCUT2D eigenvalue weighted by Gasteiger charge is -2.25. The molecule has 0 radical (unpaired) electrons. The van der Waals surface area contributed by atoms with E-state index in [1.165, 1.54) is 6.92 Å². The number of nitrogens with two attached hydrogens (primary N) is 1. The predicted molar refractivity (Wildman–Crippen MR) is 120 cm³/mol. The van der Waals surface area contributed by atoms with Crippen LogP contribution >= 0.6 is 0 Å². The van der Waals surface area contributed by atoms with Crippen LogP contribution in [0.2, 0.25) is 0 Å². The van der Waals surface area contributed by atoms with Crippen LogP contribution in [0, 0.1) is 5.92 Å². The van der Waals surface area contributed by atoms with Crippen molar-refractivity contribution in [3.05, 3.63) is 36.0 Å². The summed E-state index contributed by atoms with van der Waals surface area (Å²) in [6.45, 7) is 4.91. The molecular weight excluding hydrogens is 414 g/mol. The Morgan fingerprint density at radius 1 is 1.06 bits per heavy atom. The average molecular weight is 446 g/mol. The Kier molecular flexibility index (Phi) is 8.77. The Balaban J connectivity index is 2.23. The van der Waals surface area contributed by atoms with Crippen molar-refractivity contribution < 1.29 is 24.3 Å². The fourth-order valence-electron chi connectivity index (χ4n) is 3.39. The van der Waals surface area contributed by atoms with E-state index < -0.39 is 41.8 Å². The second-order valence-electron chi connectivity index (χ2n) is 8.22. The van der Waals surface area contributed by atoms with E-state index in [-0.39, 0.29) is 18.9 Å². The van der Waals surface area contributed by atoms with E-state index in [1.54, 1.807) is 6.20 Å². The van der Waals surface area contributed by atoms with Crippen molar-refractivity contribution in [3.63, 3.8) is 0 Å². The molecule has 0 aliphatic rings. The molecule has 3 amide bonds. The quantitative estimate of drug-likeness (QED) is 0.274. The molecule has 1 unspecified atom stereocenters. The number of carbonyl (C=O) groups excluding carboxylic acids is 3. The van der Waals surface area contributed by atoms with Crippen LogP contribution in [0.25, 0.3) is 10.9 Å². The van der Waals surface area contributed by atoms with Gasteiger partial charge in [-0.25, -0.2) is 0 Å². The minimum absolute atomic E-state index is 0.0811. The first-order valence-corrected chi connectivity index (χ1v) is 10.5. The van der Waals surface area contributed by atoms with E-state index in [2.05, 4.69) is 20.9 Å². The Labute approximate surface area is 186 Å². The molecule has 32 heavy (non-hydrogen) atoms. The van der Waals surface area contributed by atoms with E-state index in [4.69, 9.17) is 5.73 Å². The summed E-state index contributed by atoms with van der Waals surface area (Å²) in [4.78, 5) is 51.2. The maximum atomic E-state index is 13.1. The number of aromatic nitrogens is 1. The molecule has 3 atom stereocenters. The van der Waals surface area contributed by atoms with Crippen molar-refractivity contribution in [2.75, 3.05) is 6.54 Å². The molecule has 174 valence electrons. The molecule has 0 spiro atoms. The number of aliphatic carboxylic acids is 1. The molecule has 1 heterocycles. The number of carbonyl (C=O) groups is 4. The number of amides is 3. The van der Waals surface area contributed by atoms with Gasteiger partial charge in [-0.05, 0) is 37.3 Å². The zero-order valence-corrected chi connectivity index (χ0v) is 18.5. The zero-order valence-electron chi connectivity index (χ0n) is 18.5. The number of H-pyrrole nitrogens is 1. The summed E-state index contributed by atoms with van der Waals surface area (Å²) in [6.07, 6.45) is 2.33. The summed E-state index contributed by atoms with van der Waals surface area (Å²) in [5.74, 6) is -2.74. The highest BCUT2D eigenvalue weighted by atomic mass is 16.4. The van der Waals surface area contributed by atoms with Crippen molar-refractivity contribution in [3.8, 4) is 0 Å². The summed E-state index contributed by atoms with van der Waals surface area (Å²) >= 11 is 0. The fraction of sp³-hybridized carbons (Fsp3) is 0.455. The summed E-state index contributed by atoms with van der Waals surface area (Å²) in [5, 5.41) is 18.2. The molecule has 1 aromatic heterocycles. The molecule has 1 aromatic carbocycles. The Morgan fingerprint density at radius 3 is 2.38 bits per heavy atom. The van der Waals surface area contributed by atoms with Crippen LogP contribution < -0.4 is 21.7 Å². The molecule has 7 N–H and O–H groups in total. The number of aromatic amines is 1. The van der Waals surface area contributed by atoms with Crippen LogP contribution in [0.15, 0.2) is 30.5 Å². The van der Waals surface area contributed by atoms with Gasteiger partial charge in [-0.2, -0.15) is 0 Å². The van der Waals surface area contributed by atoms with Gasteiger partial charge in [0.25, 0.3) is 0 Å². The van der Waals surface area contributed by atoms with Gasteiger partial charge in [0.05, 0.1) is 12.6 Å². The third-order valence-electron chi connectivity index (χ3n) is 5.01. The molecule has 0 fully saturated rings. The number of hydrogen-bond donors (Lipinski definition) is 6. The second-order valence-corrected chi connectivity index (χ2v) is 8.22. The van der Waals surface area contributed by atoms with Gasteiger partial charge in [-0.3, -0.25) is 24.5 Å². The summed E-state index contributed by atoms with van der Waals surface area (Å²) in [7, 11) is 0. The SMILES string of the molecule is CC(C)C[C@H](NC(=O)[C@H](Cc1c[nH]c2ccccc12)NC(C)C(=O)O)C(=O)NCC(N)=O. The van der Waals surface area contributed by atoms with Crippen LogP contribution in [0.5, 0.6) is 0 Å². The number of fused-ring (bicyclic) bond motifs is 1. The number of primary amides is 1. The normalized spacial score (nSPS) is 14.0. The maximum Gasteiger partial charge on any atom is 0.320 e. The molecule has 0 aliphatic heterocycles. The Hall–Kier alpha value is -3.40. The summed E-state index contributed by atoms with van der Waals surface area (Å²) in [6, 6.07) is 4.80. The third-order valence-corrected chi connectivity index (χ3v) is 5.01. The van der Waals surface area contributed by atoms with Gasteiger partial charge in [0, 0.05) is 17.1 Å². The van der Waals surface area contributed by atoms with Crippen LogP contribution in [-0.2, 0) is 25.6 Å². The lowest BCUT2D eigenvalue weighted by molar-refractivity contribution is -0.139. The Morgan fingerprint density at radius 2 is 1.75 bits per heavy atom. The first kappa shape index (κ1) is 24.9. The first-order chi connectivity index (χ1) is 15.1. The highest BCUT2D eigenvalue weighted by Crippen LogP contribution is 2.19. The van der Waals surface area contributed by atoms with Crippen LogP contribution in [-0.4, -0.2) is 58.5 Å². The standard InChI is InChI=1S/C22H31N5O5/c1-12(2)8-17(20(29)25-11-19(23)28)27-21(30)18(26-13(3)22(31)32)9-14-10-24-16-7-5-4-6-15(14)16/h4-7,10,12-13,17-18,24,26H,8-9,11H2,1-3H3,(H2,23,28)(H,25,29)(H,27,30)(H,31,32)/t13?,17-,18-/m0/s1. The average Bonchev–Trinajstić information content (AvgIpc) is 3.13. The predicted octanol–water partition coefficient (Wildman–Crippen LogP) is 0.274. The number of para-hydroxylation sites is 1. The molecule has 0 bridgehead atoms. The van der Waals surface area contributed by atoms with Crippen molar-refractivity contribution in [1.82, 2.24) is 20.9 Å². The van der Waals surface area contributed by atoms with Gasteiger partial charge in [0.1, 0.15) is 12.1 Å². The smallest absolute Gasteiger partial charge is 0.320 e. The molecule has 0 saturated carbocycles. The van der Waals surface area contributed by atoms with Crippen molar-refractivity contribution in [1.29, 1.82) is 0 Å². The summed E-state index contributed by atoms with van der Waals surface area (Å²) < 4.78 is 0. The van der Waals surface area contributed by atoms with Crippen LogP contribution in [0.4, 0.5) is 0 Å².